The average molecular weight is 395 g/mol. The molecule has 0 saturated carbocycles. The maximum Gasteiger partial charge on any atom is 0.0352 e. The third kappa shape index (κ3) is 2.05. The summed E-state index contributed by atoms with van der Waals surface area (Å²) in [6.45, 7) is 4.63. The monoisotopic (exact) mass is 394 g/mol. The van der Waals surface area contributed by atoms with Gasteiger partial charge in [-0.05, 0) is 80.9 Å². The Morgan fingerprint density at radius 1 is 0.536 bits per heavy atom. The molecule has 5 aromatic rings. The van der Waals surface area contributed by atoms with Crippen molar-refractivity contribution in [1.82, 2.24) is 0 Å². The van der Waals surface area contributed by atoms with E-state index >= 15 is 0 Å². The Morgan fingerprint density at radius 3 is 1.46 bits per heavy atom. The first-order valence-electron chi connectivity index (χ1n) is 9.53. The molecule has 0 unspecified atom stereocenters. The number of benzene rings is 3. The SMILES string of the molecule is Cc1c(-c2cccs2)c(-c2cccs2)c(C)c2c1-c1cccc3cccc-2c13. The van der Waals surface area contributed by atoms with E-state index < -0.39 is 0 Å². The summed E-state index contributed by atoms with van der Waals surface area (Å²) in [7, 11) is 0. The highest BCUT2D eigenvalue weighted by Crippen LogP contribution is 2.55. The minimum Gasteiger partial charge on any atom is -0.144 e. The molecule has 0 atom stereocenters. The third-order valence-electron chi connectivity index (χ3n) is 5.98. The van der Waals surface area contributed by atoms with Crippen LogP contribution >= 0.6 is 22.7 Å². The van der Waals surface area contributed by atoms with Crippen LogP contribution in [0.3, 0.4) is 0 Å². The molecule has 0 fully saturated rings. The molecule has 3 aromatic carbocycles. The van der Waals surface area contributed by atoms with Crippen molar-refractivity contribution in [3.63, 3.8) is 0 Å². The third-order valence-corrected chi connectivity index (χ3v) is 7.75. The summed E-state index contributed by atoms with van der Waals surface area (Å²) in [6.07, 6.45) is 0. The van der Waals surface area contributed by atoms with Gasteiger partial charge in [0.1, 0.15) is 0 Å². The molecular formula is C26H18S2. The van der Waals surface area contributed by atoms with Crippen LogP contribution in [0.2, 0.25) is 0 Å². The van der Waals surface area contributed by atoms with Crippen molar-refractivity contribution in [1.29, 1.82) is 0 Å². The van der Waals surface area contributed by atoms with Crippen LogP contribution in [0.4, 0.5) is 0 Å². The molecule has 0 bridgehead atoms. The van der Waals surface area contributed by atoms with Crippen LogP contribution in [0.15, 0.2) is 71.4 Å². The Kier molecular flexibility index (Phi) is 3.44. The lowest BCUT2D eigenvalue weighted by atomic mass is 9.85. The zero-order valence-electron chi connectivity index (χ0n) is 15.7. The lowest BCUT2D eigenvalue weighted by Gasteiger charge is -2.20. The Balaban J connectivity index is 1.83. The highest BCUT2D eigenvalue weighted by Gasteiger charge is 2.29. The van der Waals surface area contributed by atoms with E-state index in [1.54, 1.807) is 0 Å². The first kappa shape index (κ1) is 16.3. The topological polar surface area (TPSA) is 0 Å². The average Bonchev–Trinajstić information content (AvgIpc) is 3.46. The molecule has 0 amide bonds. The van der Waals surface area contributed by atoms with Crippen LogP contribution < -0.4 is 0 Å². The zero-order chi connectivity index (χ0) is 18.8. The van der Waals surface area contributed by atoms with Gasteiger partial charge < -0.3 is 0 Å². The zero-order valence-corrected chi connectivity index (χ0v) is 17.4. The molecule has 0 nitrogen and oxygen atoms in total. The minimum absolute atomic E-state index is 1.33. The van der Waals surface area contributed by atoms with Gasteiger partial charge in [-0.3, -0.25) is 0 Å². The molecule has 2 aromatic heterocycles. The fraction of sp³-hybridized carbons (Fsp3) is 0.0769. The molecule has 1 aliphatic rings. The van der Waals surface area contributed by atoms with Gasteiger partial charge in [-0.25, -0.2) is 0 Å². The van der Waals surface area contributed by atoms with Crippen molar-refractivity contribution in [2.45, 2.75) is 13.8 Å². The number of fused-ring (bicyclic) bond motifs is 3. The molecule has 2 heterocycles. The molecule has 0 spiro atoms. The Hall–Kier alpha value is -2.68. The second-order valence-electron chi connectivity index (χ2n) is 7.41. The summed E-state index contributed by atoms with van der Waals surface area (Å²) in [6, 6.07) is 22.3. The fourth-order valence-electron chi connectivity index (χ4n) is 4.89. The molecule has 2 heteroatoms. The second kappa shape index (κ2) is 5.91. The van der Waals surface area contributed by atoms with Crippen molar-refractivity contribution in [3.8, 4) is 43.1 Å². The molecule has 0 saturated heterocycles. The van der Waals surface area contributed by atoms with Gasteiger partial charge in [0.2, 0.25) is 0 Å². The maximum atomic E-state index is 2.31. The van der Waals surface area contributed by atoms with E-state index in [9.17, 15) is 0 Å². The summed E-state index contributed by atoms with van der Waals surface area (Å²) >= 11 is 3.67. The van der Waals surface area contributed by atoms with Gasteiger partial charge in [-0.15, -0.1) is 22.7 Å². The molecule has 1 aliphatic carbocycles. The van der Waals surface area contributed by atoms with Crippen molar-refractivity contribution in [2.24, 2.45) is 0 Å². The number of rotatable bonds is 2. The minimum atomic E-state index is 1.33. The predicted octanol–water partition coefficient (Wildman–Crippen LogP) is 8.56. The van der Waals surface area contributed by atoms with Gasteiger partial charge in [0, 0.05) is 20.9 Å². The van der Waals surface area contributed by atoms with E-state index in [2.05, 4.69) is 85.3 Å². The van der Waals surface area contributed by atoms with Crippen molar-refractivity contribution < 1.29 is 0 Å². The summed E-state index contributed by atoms with van der Waals surface area (Å²) in [4.78, 5) is 2.71. The quantitative estimate of drug-likeness (QED) is 0.276. The summed E-state index contributed by atoms with van der Waals surface area (Å²) < 4.78 is 0. The fourth-order valence-corrected chi connectivity index (χ4v) is 6.56. The molecule has 28 heavy (non-hydrogen) atoms. The van der Waals surface area contributed by atoms with Gasteiger partial charge in [-0.1, -0.05) is 48.5 Å². The number of hydrogen-bond donors (Lipinski definition) is 0. The first-order chi connectivity index (χ1) is 13.8. The Labute approximate surface area is 172 Å². The lowest BCUT2D eigenvalue weighted by Crippen LogP contribution is -1.96. The molecular weight excluding hydrogens is 376 g/mol. The standard InChI is InChI=1S/C26H18S2/c1-15-22-18-9-3-7-17-8-4-10-19(26(17)18)23(22)16(2)25(21-12-6-14-28-21)24(15)20-11-5-13-27-20/h3-14H,1-2H3. The second-order valence-corrected chi connectivity index (χ2v) is 9.31. The normalized spacial score (nSPS) is 11.9. The highest BCUT2D eigenvalue weighted by atomic mass is 32.1. The summed E-state index contributed by atoms with van der Waals surface area (Å²) in [5, 5.41) is 7.11. The maximum absolute atomic E-state index is 2.31. The van der Waals surface area contributed by atoms with Crippen LogP contribution in [-0.2, 0) is 0 Å². The molecule has 6 rings (SSSR count). The molecule has 134 valence electrons. The lowest BCUT2D eigenvalue weighted by molar-refractivity contribution is 1.42. The van der Waals surface area contributed by atoms with E-state index in [1.165, 1.54) is 65.0 Å². The molecule has 0 N–H and O–H groups in total. The van der Waals surface area contributed by atoms with E-state index in [-0.39, 0.29) is 0 Å². The van der Waals surface area contributed by atoms with E-state index in [1.807, 2.05) is 22.7 Å². The van der Waals surface area contributed by atoms with Crippen molar-refractivity contribution in [3.05, 3.63) is 82.6 Å². The van der Waals surface area contributed by atoms with E-state index in [0.29, 0.717) is 0 Å². The Bertz CT molecular complexity index is 1250. The molecule has 0 radical (unpaired) electrons. The first-order valence-corrected chi connectivity index (χ1v) is 11.3. The van der Waals surface area contributed by atoms with Gasteiger partial charge in [0.25, 0.3) is 0 Å². The highest BCUT2D eigenvalue weighted by molar-refractivity contribution is 7.14. The Morgan fingerprint density at radius 2 is 1.04 bits per heavy atom. The van der Waals surface area contributed by atoms with Crippen LogP contribution in [0, 0.1) is 13.8 Å². The number of thiophene rings is 2. The predicted molar refractivity (Wildman–Crippen MR) is 124 cm³/mol. The summed E-state index contributed by atoms with van der Waals surface area (Å²) in [5.41, 5.74) is 11.2. The van der Waals surface area contributed by atoms with Gasteiger partial charge in [0.15, 0.2) is 0 Å². The summed E-state index contributed by atoms with van der Waals surface area (Å²) in [5.74, 6) is 0. The van der Waals surface area contributed by atoms with Crippen LogP contribution in [-0.4, -0.2) is 0 Å². The van der Waals surface area contributed by atoms with Crippen LogP contribution in [0.5, 0.6) is 0 Å². The van der Waals surface area contributed by atoms with Crippen LogP contribution in [0.25, 0.3) is 53.9 Å². The van der Waals surface area contributed by atoms with E-state index in [4.69, 9.17) is 0 Å². The van der Waals surface area contributed by atoms with Gasteiger partial charge in [0.05, 0.1) is 0 Å². The molecule has 0 aliphatic heterocycles. The van der Waals surface area contributed by atoms with Crippen LogP contribution in [0.1, 0.15) is 11.1 Å². The van der Waals surface area contributed by atoms with Gasteiger partial charge >= 0.3 is 0 Å². The smallest absolute Gasteiger partial charge is 0.0352 e. The number of hydrogen-bond acceptors (Lipinski definition) is 2. The van der Waals surface area contributed by atoms with Crippen molar-refractivity contribution in [2.75, 3.05) is 0 Å². The van der Waals surface area contributed by atoms with Crippen molar-refractivity contribution >= 4 is 33.4 Å². The van der Waals surface area contributed by atoms with Gasteiger partial charge in [-0.2, -0.15) is 0 Å². The van der Waals surface area contributed by atoms with E-state index in [0.717, 1.165) is 0 Å². The largest absolute Gasteiger partial charge is 0.144 e.